The van der Waals surface area contributed by atoms with Crippen LogP contribution in [0, 0.1) is 6.92 Å². The molecule has 0 saturated carbocycles. The fourth-order valence-corrected chi connectivity index (χ4v) is 3.26. The summed E-state index contributed by atoms with van der Waals surface area (Å²) in [6, 6.07) is 4.04. The van der Waals surface area contributed by atoms with Gasteiger partial charge in [0.2, 0.25) is 5.58 Å². The van der Waals surface area contributed by atoms with Crippen molar-refractivity contribution in [1.82, 2.24) is 5.16 Å². The largest absolute Gasteiger partial charge is 0.395 e. The molecule has 0 amide bonds. The third-order valence-electron chi connectivity index (χ3n) is 2.28. The Bertz CT molecular complexity index is 607. The van der Waals surface area contributed by atoms with Crippen LogP contribution < -0.4 is 5.73 Å². The van der Waals surface area contributed by atoms with E-state index < -0.39 is 0 Å². The van der Waals surface area contributed by atoms with Crippen LogP contribution in [-0.4, -0.2) is 5.16 Å². The van der Waals surface area contributed by atoms with Gasteiger partial charge in [0.25, 0.3) is 0 Å². The molecule has 0 bridgehead atoms. The molecule has 3 heterocycles. The second-order valence-corrected chi connectivity index (χ2v) is 5.41. The number of nitrogen functional groups attached to an aromatic ring is 1. The quantitative estimate of drug-likeness (QED) is 0.703. The molecule has 0 spiro atoms. The van der Waals surface area contributed by atoms with Gasteiger partial charge in [0.1, 0.15) is 10.4 Å². The Morgan fingerprint density at radius 3 is 3.07 bits per heavy atom. The second kappa shape index (κ2) is 3.08. The first-order valence-corrected chi connectivity index (χ1v) is 6.15. The number of nitrogens with two attached hydrogens (primary N) is 1. The molecule has 3 nitrogen and oxygen atoms in total. The molecule has 0 fully saturated rings. The number of rotatable bonds is 1. The van der Waals surface area contributed by atoms with Crippen molar-refractivity contribution in [2.45, 2.75) is 6.92 Å². The van der Waals surface area contributed by atoms with Crippen LogP contribution in [0.15, 0.2) is 22.0 Å². The van der Waals surface area contributed by atoms with E-state index in [0.717, 1.165) is 25.7 Å². The van der Waals surface area contributed by atoms with Gasteiger partial charge in [-0.05, 0) is 18.4 Å². The van der Waals surface area contributed by atoms with Gasteiger partial charge in [0.15, 0.2) is 0 Å². The van der Waals surface area contributed by atoms with Crippen LogP contribution in [0.25, 0.3) is 20.9 Å². The van der Waals surface area contributed by atoms with Gasteiger partial charge in [-0.1, -0.05) is 11.2 Å². The first-order valence-electron chi connectivity index (χ1n) is 4.45. The molecule has 3 rings (SSSR count). The molecule has 0 aliphatic carbocycles. The van der Waals surface area contributed by atoms with Gasteiger partial charge < -0.3 is 10.3 Å². The predicted octanol–water partition coefficient (Wildman–Crippen LogP) is 3.51. The highest BCUT2D eigenvalue weighted by molar-refractivity contribution is 7.21. The number of anilines is 1. The van der Waals surface area contributed by atoms with Crippen molar-refractivity contribution in [2.75, 3.05) is 5.73 Å². The number of aromatic nitrogens is 1. The van der Waals surface area contributed by atoms with Gasteiger partial charge >= 0.3 is 0 Å². The van der Waals surface area contributed by atoms with Gasteiger partial charge in [0, 0.05) is 4.88 Å². The van der Waals surface area contributed by atoms with Crippen molar-refractivity contribution in [3.63, 3.8) is 0 Å². The summed E-state index contributed by atoms with van der Waals surface area (Å²) >= 11 is 3.29. The van der Waals surface area contributed by atoms with Crippen LogP contribution in [0.3, 0.4) is 0 Å². The fraction of sp³-hybridized carbons (Fsp3) is 0.100. The van der Waals surface area contributed by atoms with Crippen LogP contribution in [0.1, 0.15) is 4.88 Å². The van der Waals surface area contributed by atoms with Crippen molar-refractivity contribution in [3.8, 4) is 10.6 Å². The summed E-state index contributed by atoms with van der Waals surface area (Å²) in [5.74, 6) is 0. The fourth-order valence-electron chi connectivity index (χ4n) is 1.49. The third-order valence-corrected chi connectivity index (χ3v) is 4.27. The molecule has 3 aromatic heterocycles. The summed E-state index contributed by atoms with van der Waals surface area (Å²) in [5, 5.41) is 6.09. The van der Waals surface area contributed by atoms with E-state index in [2.05, 4.69) is 5.16 Å². The number of hydrogen-bond donors (Lipinski definition) is 1. The molecule has 15 heavy (non-hydrogen) atoms. The molecule has 5 heteroatoms. The highest BCUT2D eigenvalue weighted by Gasteiger charge is 2.17. The molecular formula is C10H8N2OS2. The molecule has 0 aliphatic heterocycles. The van der Waals surface area contributed by atoms with E-state index in [9.17, 15) is 0 Å². The number of thiophene rings is 2. The van der Waals surface area contributed by atoms with Gasteiger partial charge in [-0.3, -0.25) is 0 Å². The van der Waals surface area contributed by atoms with Crippen molar-refractivity contribution in [3.05, 3.63) is 22.4 Å². The minimum absolute atomic E-state index is 0.713. The van der Waals surface area contributed by atoms with Crippen LogP contribution >= 0.6 is 22.7 Å². The summed E-state index contributed by atoms with van der Waals surface area (Å²) in [7, 11) is 0. The van der Waals surface area contributed by atoms with Crippen LogP contribution in [-0.2, 0) is 0 Å². The maximum absolute atomic E-state index is 5.89. The Morgan fingerprint density at radius 2 is 2.33 bits per heavy atom. The topological polar surface area (TPSA) is 52.0 Å². The normalized spacial score (nSPS) is 11.3. The van der Waals surface area contributed by atoms with Crippen LogP contribution in [0.5, 0.6) is 0 Å². The number of nitrogens with zero attached hydrogens (tertiary/aromatic N) is 1. The van der Waals surface area contributed by atoms with Gasteiger partial charge in [-0.25, -0.2) is 0 Å². The zero-order chi connectivity index (χ0) is 10.4. The lowest BCUT2D eigenvalue weighted by Crippen LogP contribution is -1.81. The molecule has 0 atom stereocenters. The Balaban J connectivity index is 2.33. The van der Waals surface area contributed by atoms with E-state index in [1.807, 2.05) is 24.4 Å². The van der Waals surface area contributed by atoms with E-state index in [0.29, 0.717) is 5.69 Å². The molecular weight excluding hydrogens is 228 g/mol. The molecule has 0 saturated heterocycles. The Kier molecular flexibility index (Phi) is 1.83. The van der Waals surface area contributed by atoms with Gasteiger partial charge in [-0.15, -0.1) is 22.7 Å². The first-order chi connectivity index (χ1) is 7.27. The Hall–Kier alpha value is -1.33. The SMILES string of the molecule is Cc1sc2c(-c3cccs3)noc2c1N. The smallest absolute Gasteiger partial charge is 0.201 e. The number of fused-ring (bicyclic) bond motifs is 1. The van der Waals surface area contributed by atoms with Gasteiger partial charge in [-0.2, -0.15) is 0 Å². The van der Waals surface area contributed by atoms with E-state index in [-0.39, 0.29) is 0 Å². The standard InChI is InChI=1S/C10H8N2OS2/c1-5-7(11)9-10(15-5)8(12-13-9)6-3-2-4-14-6/h2-4H,11H2,1H3. The Morgan fingerprint density at radius 1 is 1.47 bits per heavy atom. The van der Waals surface area contributed by atoms with Gasteiger partial charge in [0.05, 0.1) is 10.6 Å². The number of hydrogen-bond acceptors (Lipinski definition) is 5. The molecule has 0 radical (unpaired) electrons. The molecule has 3 aromatic rings. The lowest BCUT2D eigenvalue weighted by Gasteiger charge is -1.86. The summed E-state index contributed by atoms with van der Waals surface area (Å²) in [4.78, 5) is 2.21. The molecule has 0 unspecified atom stereocenters. The van der Waals surface area contributed by atoms with E-state index in [4.69, 9.17) is 10.3 Å². The maximum Gasteiger partial charge on any atom is 0.201 e. The molecule has 0 aliphatic rings. The first kappa shape index (κ1) is 8.94. The van der Waals surface area contributed by atoms with E-state index >= 15 is 0 Å². The van der Waals surface area contributed by atoms with Crippen LogP contribution in [0.4, 0.5) is 5.69 Å². The lowest BCUT2D eigenvalue weighted by molar-refractivity contribution is 0.461. The van der Waals surface area contributed by atoms with Crippen molar-refractivity contribution in [1.29, 1.82) is 0 Å². The highest BCUT2D eigenvalue weighted by atomic mass is 32.1. The molecule has 0 aromatic carbocycles. The van der Waals surface area contributed by atoms with Crippen molar-refractivity contribution < 1.29 is 4.52 Å². The summed E-state index contributed by atoms with van der Waals surface area (Å²) in [6.07, 6.45) is 0. The second-order valence-electron chi connectivity index (χ2n) is 3.24. The maximum atomic E-state index is 5.89. The zero-order valence-corrected chi connectivity index (χ0v) is 9.61. The summed E-state index contributed by atoms with van der Waals surface area (Å²) < 4.78 is 6.32. The van der Waals surface area contributed by atoms with E-state index in [1.165, 1.54) is 0 Å². The predicted molar refractivity (Wildman–Crippen MR) is 64.3 cm³/mol. The number of aryl methyl sites for hydroxylation is 1. The summed E-state index contributed by atoms with van der Waals surface area (Å²) in [5.41, 5.74) is 8.23. The molecule has 76 valence electrons. The van der Waals surface area contributed by atoms with Crippen molar-refractivity contribution in [2.24, 2.45) is 0 Å². The molecule has 2 N–H and O–H groups in total. The average Bonchev–Trinajstić information content (AvgIpc) is 2.87. The summed E-state index contributed by atoms with van der Waals surface area (Å²) in [6.45, 7) is 1.99. The van der Waals surface area contributed by atoms with Crippen molar-refractivity contribution >= 4 is 38.6 Å². The van der Waals surface area contributed by atoms with Crippen LogP contribution in [0.2, 0.25) is 0 Å². The minimum Gasteiger partial charge on any atom is -0.395 e. The lowest BCUT2D eigenvalue weighted by atomic mass is 10.3. The van der Waals surface area contributed by atoms with E-state index in [1.54, 1.807) is 22.7 Å². The monoisotopic (exact) mass is 236 g/mol. The Labute approximate surface area is 94.1 Å². The zero-order valence-electron chi connectivity index (χ0n) is 7.98. The third kappa shape index (κ3) is 1.20. The average molecular weight is 236 g/mol. The minimum atomic E-state index is 0.713. The highest BCUT2D eigenvalue weighted by Crippen LogP contribution is 2.40.